The number of aliphatic hydroxyl groups excluding tert-OH is 1. The van der Waals surface area contributed by atoms with Gasteiger partial charge in [-0.25, -0.2) is 0 Å². The minimum atomic E-state index is -0.570. The molecule has 0 unspecified atom stereocenters. The van der Waals surface area contributed by atoms with E-state index in [2.05, 4.69) is 13.2 Å². The zero-order valence-electron chi connectivity index (χ0n) is 9.38. The number of benzene rings is 1. The van der Waals surface area contributed by atoms with Crippen molar-refractivity contribution in [3.8, 4) is 0 Å². The standard InChI is InChI=1S/C14H18O2/c1-3-8-13(15)14(16-11-4-2)12-9-6-5-7-10-12/h3-7,9-10,13-15H,1-2,8,11H2/t13-,14-/m1/s1. The van der Waals surface area contributed by atoms with E-state index in [-0.39, 0.29) is 6.10 Å². The van der Waals surface area contributed by atoms with Crippen LogP contribution in [0.25, 0.3) is 0 Å². The molecule has 0 spiro atoms. The van der Waals surface area contributed by atoms with Crippen molar-refractivity contribution in [1.29, 1.82) is 0 Å². The minimum Gasteiger partial charge on any atom is -0.390 e. The third-order valence-corrected chi connectivity index (χ3v) is 2.28. The quantitative estimate of drug-likeness (QED) is 0.713. The maximum Gasteiger partial charge on any atom is 0.109 e. The summed E-state index contributed by atoms with van der Waals surface area (Å²) >= 11 is 0. The number of ether oxygens (including phenoxy) is 1. The van der Waals surface area contributed by atoms with E-state index >= 15 is 0 Å². The van der Waals surface area contributed by atoms with Crippen molar-refractivity contribution in [3.05, 3.63) is 61.2 Å². The van der Waals surface area contributed by atoms with Crippen LogP contribution in [-0.2, 0) is 4.74 Å². The summed E-state index contributed by atoms with van der Waals surface area (Å²) in [6.07, 6.45) is 2.99. The van der Waals surface area contributed by atoms with Crippen molar-refractivity contribution in [3.63, 3.8) is 0 Å². The monoisotopic (exact) mass is 218 g/mol. The number of rotatable bonds is 7. The molecule has 1 aromatic carbocycles. The predicted molar refractivity (Wildman–Crippen MR) is 66.2 cm³/mol. The summed E-state index contributed by atoms with van der Waals surface area (Å²) in [6.45, 7) is 7.65. The SMILES string of the molecule is C=CCO[C@H](c1ccccc1)[C@H](O)CC=C. The fourth-order valence-electron chi connectivity index (χ4n) is 1.54. The van der Waals surface area contributed by atoms with Gasteiger partial charge in [-0.2, -0.15) is 0 Å². The highest BCUT2D eigenvalue weighted by atomic mass is 16.5. The molecule has 1 aromatic rings. The van der Waals surface area contributed by atoms with Gasteiger partial charge in [0.2, 0.25) is 0 Å². The molecule has 2 heteroatoms. The Bertz CT molecular complexity index is 319. The molecule has 0 amide bonds. The first kappa shape index (κ1) is 12.7. The Hall–Kier alpha value is -1.38. The van der Waals surface area contributed by atoms with Crippen molar-refractivity contribution in [2.75, 3.05) is 6.61 Å². The highest BCUT2D eigenvalue weighted by Gasteiger charge is 2.19. The van der Waals surface area contributed by atoms with E-state index in [1.807, 2.05) is 30.3 Å². The summed E-state index contributed by atoms with van der Waals surface area (Å²) in [5.41, 5.74) is 0.971. The molecule has 1 rings (SSSR count). The van der Waals surface area contributed by atoms with Gasteiger partial charge in [-0.3, -0.25) is 0 Å². The molecule has 0 fully saturated rings. The fraction of sp³-hybridized carbons (Fsp3) is 0.286. The summed E-state index contributed by atoms with van der Waals surface area (Å²) in [7, 11) is 0. The normalized spacial score (nSPS) is 14.1. The summed E-state index contributed by atoms with van der Waals surface area (Å²) in [6, 6.07) is 9.69. The molecule has 1 N–H and O–H groups in total. The van der Waals surface area contributed by atoms with Crippen molar-refractivity contribution < 1.29 is 9.84 Å². The van der Waals surface area contributed by atoms with Gasteiger partial charge in [-0.1, -0.05) is 42.5 Å². The van der Waals surface area contributed by atoms with Crippen molar-refractivity contribution in [1.82, 2.24) is 0 Å². The van der Waals surface area contributed by atoms with E-state index in [1.54, 1.807) is 12.2 Å². The van der Waals surface area contributed by atoms with E-state index in [1.165, 1.54) is 0 Å². The molecule has 86 valence electrons. The van der Waals surface area contributed by atoms with E-state index in [4.69, 9.17) is 4.74 Å². The van der Waals surface area contributed by atoms with Gasteiger partial charge in [0, 0.05) is 0 Å². The smallest absolute Gasteiger partial charge is 0.109 e. The molecule has 0 aliphatic heterocycles. The average Bonchev–Trinajstić information content (AvgIpc) is 2.31. The molecule has 0 aromatic heterocycles. The highest BCUT2D eigenvalue weighted by molar-refractivity contribution is 5.19. The van der Waals surface area contributed by atoms with Gasteiger partial charge in [0.15, 0.2) is 0 Å². The van der Waals surface area contributed by atoms with E-state index in [9.17, 15) is 5.11 Å². The molecule has 0 heterocycles. The minimum absolute atomic E-state index is 0.322. The van der Waals surface area contributed by atoms with Crippen molar-refractivity contribution >= 4 is 0 Å². The maximum absolute atomic E-state index is 9.96. The van der Waals surface area contributed by atoms with Crippen LogP contribution in [0.4, 0.5) is 0 Å². The highest BCUT2D eigenvalue weighted by Crippen LogP contribution is 2.23. The Morgan fingerprint density at radius 1 is 1.19 bits per heavy atom. The first-order valence-corrected chi connectivity index (χ1v) is 5.36. The number of aliphatic hydroxyl groups is 1. The third-order valence-electron chi connectivity index (χ3n) is 2.28. The van der Waals surface area contributed by atoms with E-state index < -0.39 is 6.10 Å². The summed E-state index contributed by atoms with van der Waals surface area (Å²) < 4.78 is 5.58. The second-order valence-corrected chi connectivity index (χ2v) is 3.55. The molecule has 16 heavy (non-hydrogen) atoms. The molecular weight excluding hydrogens is 200 g/mol. The molecule has 0 bridgehead atoms. The molecule has 0 radical (unpaired) electrons. The Kier molecular flexibility index (Phi) is 5.54. The zero-order chi connectivity index (χ0) is 11.8. The van der Waals surface area contributed by atoms with Crippen LogP contribution in [0.5, 0.6) is 0 Å². The Morgan fingerprint density at radius 3 is 2.44 bits per heavy atom. The molecule has 0 aliphatic carbocycles. The first-order valence-electron chi connectivity index (χ1n) is 5.36. The van der Waals surface area contributed by atoms with Crippen LogP contribution in [0.3, 0.4) is 0 Å². The lowest BCUT2D eigenvalue weighted by Gasteiger charge is -2.22. The van der Waals surface area contributed by atoms with Gasteiger partial charge in [-0.05, 0) is 12.0 Å². The lowest BCUT2D eigenvalue weighted by atomic mass is 10.0. The van der Waals surface area contributed by atoms with Crippen LogP contribution in [0.2, 0.25) is 0 Å². The lowest BCUT2D eigenvalue weighted by Crippen LogP contribution is -2.20. The van der Waals surface area contributed by atoms with Crippen LogP contribution >= 0.6 is 0 Å². The van der Waals surface area contributed by atoms with E-state index in [0.717, 1.165) is 5.56 Å². The molecule has 2 nitrogen and oxygen atoms in total. The number of hydrogen-bond acceptors (Lipinski definition) is 2. The molecule has 0 saturated heterocycles. The van der Waals surface area contributed by atoms with Gasteiger partial charge >= 0.3 is 0 Å². The van der Waals surface area contributed by atoms with Crippen LogP contribution in [-0.4, -0.2) is 17.8 Å². The van der Waals surface area contributed by atoms with Crippen molar-refractivity contribution in [2.24, 2.45) is 0 Å². The lowest BCUT2D eigenvalue weighted by molar-refractivity contribution is -0.0266. The van der Waals surface area contributed by atoms with Gasteiger partial charge in [0.25, 0.3) is 0 Å². The van der Waals surface area contributed by atoms with Crippen molar-refractivity contribution in [2.45, 2.75) is 18.6 Å². The first-order chi connectivity index (χ1) is 7.79. The average molecular weight is 218 g/mol. The second kappa shape index (κ2) is 6.99. The summed E-state index contributed by atoms with van der Waals surface area (Å²) in [5.74, 6) is 0. The van der Waals surface area contributed by atoms with Gasteiger partial charge in [0.1, 0.15) is 6.10 Å². The van der Waals surface area contributed by atoms with Crippen LogP contribution < -0.4 is 0 Å². The summed E-state index contributed by atoms with van der Waals surface area (Å²) in [5, 5.41) is 9.96. The summed E-state index contributed by atoms with van der Waals surface area (Å²) in [4.78, 5) is 0. The Balaban J connectivity index is 2.77. The van der Waals surface area contributed by atoms with E-state index in [0.29, 0.717) is 13.0 Å². The third kappa shape index (κ3) is 3.65. The Morgan fingerprint density at radius 2 is 1.88 bits per heavy atom. The van der Waals surface area contributed by atoms with Crippen LogP contribution in [0, 0.1) is 0 Å². The molecular formula is C14H18O2. The second-order valence-electron chi connectivity index (χ2n) is 3.55. The molecule has 0 aliphatic rings. The number of hydrogen-bond donors (Lipinski definition) is 1. The fourth-order valence-corrected chi connectivity index (χ4v) is 1.54. The largest absolute Gasteiger partial charge is 0.390 e. The molecule has 2 atom stereocenters. The van der Waals surface area contributed by atoms with Gasteiger partial charge in [0.05, 0.1) is 12.7 Å². The van der Waals surface area contributed by atoms with Gasteiger partial charge < -0.3 is 9.84 Å². The maximum atomic E-state index is 9.96. The topological polar surface area (TPSA) is 29.5 Å². The van der Waals surface area contributed by atoms with Gasteiger partial charge in [-0.15, -0.1) is 13.2 Å². The predicted octanol–water partition coefficient (Wildman–Crippen LogP) is 2.87. The Labute approximate surface area is 96.9 Å². The molecule has 0 saturated carbocycles. The van der Waals surface area contributed by atoms with Crippen LogP contribution in [0.15, 0.2) is 55.6 Å². The van der Waals surface area contributed by atoms with Crippen LogP contribution in [0.1, 0.15) is 18.1 Å². The zero-order valence-corrected chi connectivity index (χ0v) is 9.38.